The van der Waals surface area contributed by atoms with Crippen LogP contribution in [-0.2, 0) is 6.54 Å². The second-order valence-electron chi connectivity index (χ2n) is 7.22. The molecule has 0 fully saturated rings. The third-order valence-electron chi connectivity index (χ3n) is 5.34. The summed E-state index contributed by atoms with van der Waals surface area (Å²) in [5.74, 6) is 1.70. The number of aromatic nitrogens is 3. The number of fused-ring (bicyclic) bond motifs is 3. The van der Waals surface area contributed by atoms with Gasteiger partial charge in [-0.05, 0) is 54.8 Å². The number of hydrogen-bond donors (Lipinski definition) is 0. The highest BCUT2D eigenvalue weighted by atomic mass is 35.5. The molecule has 1 aromatic heterocycles. The summed E-state index contributed by atoms with van der Waals surface area (Å²) in [4.78, 5) is 4.93. The van der Waals surface area contributed by atoms with Crippen molar-refractivity contribution in [2.24, 2.45) is 4.99 Å². The number of hydrogen-bond acceptors (Lipinski definition) is 3. The maximum atomic E-state index is 6.12. The molecule has 0 radical (unpaired) electrons. The Bertz CT molecular complexity index is 1250. The van der Waals surface area contributed by atoms with Gasteiger partial charge in [-0.2, -0.15) is 0 Å². The Morgan fingerprint density at radius 2 is 1.59 bits per heavy atom. The van der Waals surface area contributed by atoms with Gasteiger partial charge in [0.05, 0.1) is 11.4 Å². The molecule has 0 amide bonds. The Hall–Kier alpha value is -3.24. The van der Waals surface area contributed by atoms with Gasteiger partial charge in [0.1, 0.15) is 12.4 Å². The fourth-order valence-corrected chi connectivity index (χ4v) is 4.02. The van der Waals surface area contributed by atoms with E-state index in [1.54, 1.807) is 0 Å². The molecule has 3 aromatic carbocycles. The van der Waals surface area contributed by atoms with E-state index in [-0.39, 0.29) is 0 Å². The van der Waals surface area contributed by atoms with Crippen LogP contribution in [0, 0.1) is 13.8 Å². The Labute approximate surface area is 174 Å². The van der Waals surface area contributed by atoms with Crippen LogP contribution < -0.4 is 0 Å². The second-order valence-corrected chi connectivity index (χ2v) is 7.65. The van der Waals surface area contributed by atoms with Crippen molar-refractivity contribution in [3.8, 4) is 16.8 Å². The minimum absolute atomic E-state index is 0.479. The molecule has 0 unspecified atom stereocenters. The molecule has 4 nitrogen and oxygen atoms in total. The maximum Gasteiger partial charge on any atom is 0.159 e. The summed E-state index contributed by atoms with van der Waals surface area (Å²) < 4.78 is 2.10. The molecule has 1 aliphatic heterocycles. The highest BCUT2D eigenvalue weighted by Gasteiger charge is 2.22. The van der Waals surface area contributed by atoms with Crippen molar-refractivity contribution in [3.63, 3.8) is 0 Å². The number of halogens is 1. The molecule has 5 rings (SSSR count). The number of aryl methyl sites for hydroxylation is 2. The Kier molecular flexibility index (Phi) is 4.29. The normalized spacial score (nSPS) is 12.7. The van der Waals surface area contributed by atoms with E-state index in [0.717, 1.165) is 39.7 Å². The van der Waals surface area contributed by atoms with Gasteiger partial charge in [-0.25, -0.2) is 0 Å². The topological polar surface area (TPSA) is 43.1 Å². The average Bonchev–Trinajstić information content (AvgIpc) is 3.01. The molecule has 0 saturated heterocycles. The lowest BCUT2D eigenvalue weighted by Crippen LogP contribution is -2.08. The van der Waals surface area contributed by atoms with Crippen molar-refractivity contribution in [3.05, 3.63) is 100 Å². The molecule has 142 valence electrons. The van der Waals surface area contributed by atoms with Crippen molar-refractivity contribution in [1.82, 2.24) is 14.8 Å². The van der Waals surface area contributed by atoms with Gasteiger partial charge < -0.3 is 0 Å². The molecular formula is C24H19ClN4. The number of nitrogens with zero attached hydrogens (tertiary/aromatic N) is 4. The van der Waals surface area contributed by atoms with Crippen molar-refractivity contribution < 1.29 is 0 Å². The molecule has 2 heterocycles. The van der Waals surface area contributed by atoms with Crippen LogP contribution in [0.15, 0.2) is 71.7 Å². The summed E-state index contributed by atoms with van der Waals surface area (Å²) in [6.07, 6.45) is 0. The number of benzene rings is 3. The first kappa shape index (κ1) is 17.8. The summed E-state index contributed by atoms with van der Waals surface area (Å²) >= 11 is 6.12. The third-order valence-corrected chi connectivity index (χ3v) is 5.59. The molecular weight excluding hydrogens is 380 g/mol. The van der Waals surface area contributed by atoms with Gasteiger partial charge in [0, 0.05) is 16.1 Å². The molecule has 0 spiro atoms. The highest BCUT2D eigenvalue weighted by molar-refractivity contribution is 6.30. The van der Waals surface area contributed by atoms with Crippen LogP contribution in [0.25, 0.3) is 16.8 Å². The quantitative estimate of drug-likeness (QED) is 0.444. The second kappa shape index (κ2) is 6.98. The Morgan fingerprint density at radius 1 is 0.828 bits per heavy atom. The van der Waals surface area contributed by atoms with Crippen LogP contribution >= 0.6 is 11.6 Å². The summed E-state index contributed by atoms with van der Waals surface area (Å²) in [7, 11) is 0. The highest BCUT2D eigenvalue weighted by Crippen LogP contribution is 2.31. The summed E-state index contributed by atoms with van der Waals surface area (Å²) in [5, 5.41) is 9.32. The molecule has 0 bridgehead atoms. The first-order valence-electron chi connectivity index (χ1n) is 9.54. The van der Waals surface area contributed by atoms with Gasteiger partial charge in [0.25, 0.3) is 0 Å². The first-order valence-corrected chi connectivity index (χ1v) is 9.92. The SMILES string of the molecule is Cc1ccccc1-c1ccc2c(c1)C(c1ccc(Cl)cc1)=NCc1nnc(C)n1-2. The van der Waals surface area contributed by atoms with Crippen molar-refractivity contribution in [2.45, 2.75) is 20.4 Å². The van der Waals surface area contributed by atoms with Gasteiger partial charge in [-0.15, -0.1) is 10.2 Å². The van der Waals surface area contributed by atoms with Crippen LogP contribution in [0.3, 0.4) is 0 Å². The van der Waals surface area contributed by atoms with E-state index in [1.807, 2.05) is 31.2 Å². The Balaban J connectivity index is 1.77. The average molecular weight is 399 g/mol. The van der Waals surface area contributed by atoms with Crippen molar-refractivity contribution in [2.75, 3.05) is 0 Å². The van der Waals surface area contributed by atoms with E-state index in [1.165, 1.54) is 11.1 Å². The van der Waals surface area contributed by atoms with Crippen LogP contribution in [0.5, 0.6) is 0 Å². The summed E-state index contributed by atoms with van der Waals surface area (Å²) in [6, 6.07) is 22.8. The molecule has 5 heteroatoms. The van der Waals surface area contributed by atoms with Crippen molar-refractivity contribution in [1.29, 1.82) is 0 Å². The molecule has 0 atom stereocenters. The van der Waals surface area contributed by atoms with Crippen molar-refractivity contribution >= 4 is 17.3 Å². The van der Waals surface area contributed by atoms with E-state index in [0.29, 0.717) is 11.6 Å². The fraction of sp³-hybridized carbons (Fsp3) is 0.125. The van der Waals surface area contributed by atoms with Gasteiger partial charge in [-0.3, -0.25) is 9.56 Å². The maximum absolute atomic E-state index is 6.12. The van der Waals surface area contributed by atoms with Gasteiger partial charge in [0.15, 0.2) is 5.82 Å². The Morgan fingerprint density at radius 3 is 2.38 bits per heavy atom. The van der Waals surface area contributed by atoms with E-state index in [9.17, 15) is 0 Å². The van der Waals surface area contributed by atoms with E-state index in [4.69, 9.17) is 16.6 Å². The molecule has 0 saturated carbocycles. The zero-order valence-electron chi connectivity index (χ0n) is 16.2. The first-order chi connectivity index (χ1) is 14.1. The standard InChI is InChI=1S/C24H19ClN4/c1-15-5-3-4-6-20(15)18-9-12-22-21(13-18)24(17-7-10-19(25)11-8-17)26-14-23-28-27-16(2)29(22)23/h3-13H,14H2,1-2H3. The molecule has 0 aliphatic carbocycles. The number of aliphatic imine (C=N–C) groups is 1. The van der Waals surface area contributed by atoms with Crippen LogP contribution in [-0.4, -0.2) is 20.5 Å². The predicted octanol–water partition coefficient (Wildman–Crippen LogP) is 5.56. The van der Waals surface area contributed by atoms with Crippen LogP contribution in [0.1, 0.15) is 28.3 Å². The zero-order valence-corrected chi connectivity index (χ0v) is 17.0. The zero-order chi connectivity index (χ0) is 20.0. The lowest BCUT2D eigenvalue weighted by Gasteiger charge is -2.15. The lowest BCUT2D eigenvalue weighted by atomic mass is 9.94. The van der Waals surface area contributed by atoms with Gasteiger partial charge >= 0.3 is 0 Å². The van der Waals surface area contributed by atoms with E-state index >= 15 is 0 Å². The van der Waals surface area contributed by atoms with E-state index < -0.39 is 0 Å². The fourth-order valence-electron chi connectivity index (χ4n) is 3.90. The molecule has 29 heavy (non-hydrogen) atoms. The predicted molar refractivity (Wildman–Crippen MR) is 117 cm³/mol. The minimum atomic E-state index is 0.479. The lowest BCUT2D eigenvalue weighted by molar-refractivity contribution is 0.862. The van der Waals surface area contributed by atoms with Gasteiger partial charge in [-0.1, -0.05) is 54.1 Å². The molecule has 1 aliphatic rings. The third kappa shape index (κ3) is 3.06. The monoisotopic (exact) mass is 398 g/mol. The molecule has 4 aromatic rings. The minimum Gasteiger partial charge on any atom is -0.281 e. The van der Waals surface area contributed by atoms with Crippen LogP contribution in [0.4, 0.5) is 0 Å². The number of rotatable bonds is 2. The van der Waals surface area contributed by atoms with Crippen LogP contribution in [0.2, 0.25) is 5.02 Å². The summed E-state index contributed by atoms with van der Waals surface area (Å²) in [5.41, 5.74) is 7.72. The molecule has 0 N–H and O–H groups in total. The van der Waals surface area contributed by atoms with Gasteiger partial charge in [0.2, 0.25) is 0 Å². The van der Waals surface area contributed by atoms with E-state index in [2.05, 4.69) is 64.2 Å². The smallest absolute Gasteiger partial charge is 0.159 e. The summed E-state index contributed by atoms with van der Waals surface area (Å²) in [6.45, 7) is 4.59. The largest absolute Gasteiger partial charge is 0.281 e.